The molecule has 0 saturated heterocycles. The van der Waals surface area contributed by atoms with Crippen LogP contribution in [0, 0.1) is 0 Å². The molecule has 14 heavy (non-hydrogen) atoms. The van der Waals surface area contributed by atoms with Gasteiger partial charge in [0.05, 0.1) is 5.52 Å². The van der Waals surface area contributed by atoms with Crippen molar-refractivity contribution in [1.82, 2.24) is 9.55 Å². The Morgan fingerprint density at radius 3 is 2.64 bits per heavy atom. The van der Waals surface area contributed by atoms with E-state index in [1.807, 2.05) is 0 Å². The van der Waals surface area contributed by atoms with Gasteiger partial charge in [0.1, 0.15) is 0 Å². The number of hydrogen-bond acceptors (Lipinski definition) is 1. The fraction of sp³-hybridized carbons (Fsp3) is 0.222. The Kier molecular flexibility index (Phi) is 1.77. The number of alkyl halides is 3. The van der Waals surface area contributed by atoms with Crippen LogP contribution in [0.2, 0.25) is 0 Å². The van der Waals surface area contributed by atoms with Gasteiger partial charge in [-0.2, -0.15) is 13.2 Å². The highest BCUT2D eigenvalue weighted by molar-refractivity contribution is 5.82. The van der Waals surface area contributed by atoms with E-state index in [4.69, 9.17) is 0 Å². The molecule has 0 aliphatic rings. The Balaban J connectivity index is 2.82. The van der Waals surface area contributed by atoms with Crippen LogP contribution in [0.5, 0.6) is 0 Å². The van der Waals surface area contributed by atoms with Crippen molar-refractivity contribution in [2.75, 3.05) is 0 Å². The first-order chi connectivity index (χ1) is 6.50. The highest BCUT2D eigenvalue weighted by Gasteiger charge is 2.35. The van der Waals surface area contributed by atoms with Crippen LogP contribution < -0.4 is 0 Å². The highest BCUT2D eigenvalue weighted by Crippen LogP contribution is 2.32. The molecule has 74 valence electrons. The van der Waals surface area contributed by atoms with E-state index in [-0.39, 0.29) is 5.52 Å². The number of halogens is 3. The van der Waals surface area contributed by atoms with Crippen LogP contribution >= 0.6 is 0 Å². The van der Waals surface area contributed by atoms with Crippen LogP contribution in [0.3, 0.4) is 0 Å². The molecule has 5 heteroatoms. The summed E-state index contributed by atoms with van der Waals surface area (Å²) in [6.45, 7) is 0. The molecule has 0 atom stereocenters. The molecular weight excluding hydrogens is 193 g/mol. The Labute approximate surface area is 78.0 Å². The topological polar surface area (TPSA) is 17.8 Å². The first kappa shape index (κ1) is 9.05. The molecule has 2 nitrogen and oxygen atoms in total. The van der Waals surface area contributed by atoms with Crippen LogP contribution in [-0.4, -0.2) is 9.55 Å². The zero-order valence-electron chi connectivity index (χ0n) is 7.34. The summed E-state index contributed by atoms with van der Waals surface area (Å²) in [5.74, 6) is 0. The average molecular weight is 200 g/mol. The minimum Gasteiger partial charge on any atom is -0.349 e. The Bertz CT molecular complexity index is 470. The smallest absolute Gasteiger partial charge is 0.349 e. The number of hydrogen-bond donors (Lipinski definition) is 0. The molecule has 0 aliphatic heterocycles. The third-order valence-corrected chi connectivity index (χ3v) is 2.05. The van der Waals surface area contributed by atoms with Crippen molar-refractivity contribution in [1.29, 1.82) is 0 Å². The van der Waals surface area contributed by atoms with Gasteiger partial charge < -0.3 is 4.57 Å². The minimum atomic E-state index is -4.40. The maximum atomic E-state index is 12.5. The number of aromatic nitrogens is 2. The normalized spacial score (nSPS) is 12.3. The standard InChI is InChI=1S/C9H7F3N2/c1-14-5-3-6-2-4-13-8(7(6)14)9(10,11)12/h2-5H,1H3. The van der Waals surface area contributed by atoms with E-state index >= 15 is 0 Å². The quantitative estimate of drug-likeness (QED) is 0.639. The molecule has 2 rings (SSSR count). The van der Waals surface area contributed by atoms with Crippen molar-refractivity contribution in [2.24, 2.45) is 7.05 Å². The van der Waals surface area contributed by atoms with E-state index in [1.54, 1.807) is 25.4 Å². The first-order valence-electron chi connectivity index (χ1n) is 3.97. The molecular formula is C9H7F3N2. The number of pyridine rings is 1. The number of rotatable bonds is 0. The molecule has 0 fully saturated rings. The van der Waals surface area contributed by atoms with Crippen molar-refractivity contribution < 1.29 is 13.2 Å². The third-order valence-electron chi connectivity index (χ3n) is 2.05. The predicted molar refractivity (Wildman–Crippen MR) is 45.7 cm³/mol. The monoisotopic (exact) mass is 200 g/mol. The van der Waals surface area contributed by atoms with E-state index in [0.29, 0.717) is 5.39 Å². The van der Waals surface area contributed by atoms with Crippen LogP contribution in [0.4, 0.5) is 13.2 Å². The van der Waals surface area contributed by atoms with Crippen LogP contribution in [0.15, 0.2) is 24.5 Å². The second-order valence-corrected chi connectivity index (χ2v) is 3.02. The van der Waals surface area contributed by atoms with Gasteiger partial charge in [0.15, 0.2) is 5.69 Å². The van der Waals surface area contributed by atoms with E-state index in [2.05, 4.69) is 4.98 Å². The van der Waals surface area contributed by atoms with E-state index in [0.717, 1.165) is 0 Å². The molecule has 0 N–H and O–H groups in total. The molecule has 2 aromatic heterocycles. The van der Waals surface area contributed by atoms with Gasteiger partial charge in [0.25, 0.3) is 0 Å². The van der Waals surface area contributed by atoms with Crippen LogP contribution in [0.25, 0.3) is 10.9 Å². The summed E-state index contributed by atoms with van der Waals surface area (Å²) in [5.41, 5.74) is -0.706. The molecule has 0 saturated carbocycles. The summed E-state index contributed by atoms with van der Waals surface area (Å²) in [5, 5.41) is 0.551. The summed E-state index contributed by atoms with van der Waals surface area (Å²) in [4.78, 5) is 3.37. The van der Waals surface area contributed by atoms with Crippen LogP contribution in [0.1, 0.15) is 5.69 Å². The average Bonchev–Trinajstić information content (AvgIpc) is 2.46. The molecule has 0 aromatic carbocycles. The van der Waals surface area contributed by atoms with Crippen molar-refractivity contribution in [2.45, 2.75) is 6.18 Å². The van der Waals surface area contributed by atoms with Crippen molar-refractivity contribution in [3.05, 3.63) is 30.2 Å². The molecule has 0 spiro atoms. The van der Waals surface area contributed by atoms with Crippen molar-refractivity contribution in [3.63, 3.8) is 0 Å². The van der Waals surface area contributed by atoms with Gasteiger partial charge in [-0.1, -0.05) is 0 Å². The Hall–Kier alpha value is -1.52. The predicted octanol–water partition coefficient (Wildman–Crippen LogP) is 2.59. The van der Waals surface area contributed by atoms with Crippen molar-refractivity contribution >= 4 is 10.9 Å². The lowest BCUT2D eigenvalue weighted by atomic mass is 10.2. The lowest BCUT2D eigenvalue weighted by molar-refractivity contribution is -0.140. The largest absolute Gasteiger partial charge is 0.435 e. The van der Waals surface area contributed by atoms with Gasteiger partial charge in [0.2, 0.25) is 0 Å². The number of nitrogens with zero attached hydrogens (tertiary/aromatic N) is 2. The zero-order chi connectivity index (χ0) is 10.3. The van der Waals surface area contributed by atoms with Gasteiger partial charge >= 0.3 is 6.18 Å². The fourth-order valence-electron chi connectivity index (χ4n) is 1.45. The molecule has 0 amide bonds. The van der Waals surface area contributed by atoms with E-state index in [9.17, 15) is 13.2 Å². The summed E-state index contributed by atoms with van der Waals surface area (Å²) >= 11 is 0. The molecule has 0 unspecified atom stereocenters. The summed E-state index contributed by atoms with van der Waals surface area (Å²) in [7, 11) is 1.57. The molecule has 0 radical (unpaired) electrons. The van der Waals surface area contributed by atoms with Crippen molar-refractivity contribution in [3.8, 4) is 0 Å². The van der Waals surface area contributed by atoms with E-state index < -0.39 is 11.9 Å². The second kappa shape index (κ2) is 2.73. The molecule has 0 bridgehead atoms. The van der Waals surface area contributed by atoms with E-state index in [1.165, 1.54) is 10.8 Å². The molecule has 2 aromatic rings. The summed E-state index contributed by atoms with van der Waals surface area (Å²) in [6, 6.07) is 3.19. The third kappa shape index (κ3) is 1.25. The Morgan fingerprint density at radius 2 is 2.00 bits per heavy atom. The van der Waals surface area contributed by atoms with Gasteiger partial charge in [-0.15, -0.1) is 0 Å². The molecule has 2 heterocycles. The van der Waals surface area contributed by atoms with Gasteiger partial charge in [-0.25, -0.2) is 4.98 Å². The number of fused-ring (bicyclic) bond motifs is 1. The summed E-state index contributed by atoms with van der Waals surface area (Å²) < 4.78 is 38.9. The first-order valence-corrected chi connectivity index (χ1v) is 3.97. The lowest BCUT2D eigenvalue weighted by Crippen LogP contribution is -2.09. The minimum absolute atomic E-state index is 0.125. The zero-order valence-corrected chi connectivity index (χ0v) is 7.34. The molecule has 0 aliphatic carbocycles. The Morgan fingerprint density at radius 1 is 1.29 bits per heavy atom. The maximum absolute atomic E-state index is 12.5. The SMILES string of the molecule is Cn1ccc2ccnc(C(F)(F)F)c21. The number of aryl methyl sites for hydroxylation is 1. The maximum Gasteiger partial charge on any atom is 0.435 e. The van der Waals surface area contributed by atoms with Gasteiger partial charge in [-0.3, -0.25) is 0 Å². The lowest BCUT2D eigenvalue weighted by Gasteiger charge is -2.08. The van der Waals surface area contributed by atoms with Gasteiger partial charge in [-0.05, 0) is 12.1 Å². The van der Waals surface area contributed by atoms with Crippen LogP contribution in [-0.2, 0) is 13.2 Å². The second-order valence-electron chi connectivity index (χ2n) is 3.02. The summed E-state index contributed by atoms with van der Waals surface area (Å²) in [6.07, 6.45) is -1.64. The highest BCUT2D eigenvalue weighted by atomic mass is 19.4. The fourth-order valence-corrected chi connectivity index (χ4v) is 1.45. The van der Waals surface area contributed by atoms with Gasteiger partial charge in [0, 0.05) is 24.8 Å².